The van der Waals surface area contributed by atoms with Gasteiger partial charge in [0.25, 0.3) is 0 Å². The molecule has 0 radical (unpaired) electrons. The molecular formula is C19H33N. The van der Waals surface area contributed by atoms with Gasteiger partial charge in [-0.05, 0) is 42.1 Å². The van der Waals surface area contributed by atoms with E-state index in [0.717, 1.165) is 6.42 Å². The fraction of sp³-hybridized carbons (Fsp3) is 0.684. The molecule has 0 aliphatic rings. The van der Waals surface area contributed by atoms with Crippen LogP contribution in [0.4, 0.5) is 0 Å². The van der Waals surface area contributed by atoms with Crippen molar-refractivity contribution in [3.8, 4) is 0 Å². The van der Waals surface area contributed by atoms with Crippen molar-refractivity contribution < 1.29 is 0 Å². The lowest BCUT2D eigenvalue weighted by atomic mass is 9.65. The summed E-state index contributed by atoms with van der Waals surface area (Å²) in [7, 11) is 0. The van der Waals surface area contributed by atoms with Crippen molar-refractivity contribution in [3.63, 3.8) is 0 Å². The number of nitrogens with two attached hydrogens (primary N) is 1. The lowest BCUT2D eigenvalue weighted by molar-refractivity contribution is 0.126. The molecule has 114 valence electrons. The maximum absolute atomic E-state index is 6.97. The van der Waals surface area contributed by atoms with Gasteiger partial charge in [-0.2, -0.15) is 0 Å². The maximum atomic E-state index is 6.97. The summed E-state index contributed by atoms with van der Waals surface area (Å²) in [5.41, 5.74) is 8.20. The normalized spacial score (nSPS) is 16.7. The second-order valence-electron chi connectivity index (χ2n) is 7.41. The van der Waals surface area contributed by atoms with Crippen molar-refractivity contribution in [1.82, 2.24) is 0 Å². The van der Waals surface area contributed by atoms with E-state index in [1.807, 2.05) is 0 Å². The molecule has 1 heteroatoms. The molecule has 1 aromatic carbocycles. The van der Waals surface area contributed by atoms with E-state index in [2.05, 4.69) is 71.9 Å². The Morgan fingerprint density at radius 1 is 0.950 bits per heavy atom. The van der Waals surface area contributed by atoms with Crippen LogP contribution in [0.5, 0.6) is 0 Å². The number of benzene rings is 1. The van der Waals surface area contributed by atoms with E-state index in [9.17, 15) is 0 Å². The minimum atomic E-state index is -0.125. The van der Waals surface area contributed by atoms with Crippen molar-refractivity contribution in [2.45, 2.75) is 59.9 Å². The Morgan fingerprint density at radius 2 is 1.50 bits per heavy atom. The molecular weight excluding hydrogens is 242 g/mol. The Balaban J connectivity index is 3.05. The lowest BCUT2D eigenvalue weighted by Gasteiger charge is -2.44. The third-order valence-corrected chi connectivity index (χ3v) is 4.65. The summed E-state index contributed by atoms with van der Waals surface area (Å²) in [6, 6.07) is 10.7. The van der Waals surface area contributed by atoms with Crippen LogP contribution in [-0.4, -0.2) is 5.54 Å². The van der Waals surface area contributed by atoms with Crippen LogP contribution in [0.15, 0.2) is 30.3 Å². The Labute approximate surface area is 126 Å². The van der Waals surface area contributed by atoms with Crippen LogP contribution in [-0.2, 0) is 6.42 Å². The van der Waals surface area contributed by atoms with Crippen molar-refractivity contribution >= 4 is 0 Å². The molecule has 2 unspecified atom stereocenters. The summed E-state index contributed by atoms with van der Waals surface area (Å²) >= 11 is 0. The zero-order valence-corrected chi connectivity index (χ0v) is 14.2. The van der Waals surface area contributed by atoms with Gasteiger partial charge in [0.15, 0.2) is 0 Å². The third-order valence-electron chi connectivity index (χ3n) is 4.65. The Morgan fingerprint density at radius 3 is 1.90 bits per heavy atom. The lowest BCUT2D eigenvalue weighted by Crippen LogP contribution is -2.55. The molecule has 2 N–H and O–H groups in total. The van der Waals surface area contributed by atoms with Gasteiger partial charge >= 0.3 is 0 Å². The molecule has 0 amide bonds. The molecule has 1 aromatic rings. The minimum Gasteiger partial charge on any atom is -0.324 e. The number of hydrogen-bond donors (Lipinski definition) is 1. The fourth-order valence-electron chi connectivity index (χ4n) is 3.33. The van der Waals surface area contributed by atoms with Crippen LogP contribution >= 0.6 is 0 Å². The van der Waals surface area contributed by atoms with Crippen LogP contribution in [0.2, 0.25) is 0 Å². The van der Waals surface area contributed by atoms with E-state index in [4.69, 9.17) is 5.73 Å². The van der Waals surface area contributed by atoms with E-state index in [-0.39, 0.29) is 5.54 Å². The number of rotatable bonds is 7. The minimum absolute atomic E-state index is 0.125. The van der Waals surface area contributed by atoms with Crippen LogP contribution in [0.25, 0.3) is 0 Å². The first kappa shape index (κ1) is 17.2. The first-order valence-corrected chi connectivity index (χ1v) is 8.10. The average molecular weight is 275 g/mol. The Bertz CT molecular complexity index is 380. The molecule has 20 heavy (non-hydrogen) atoms. The molecule has 0 aliphatic carbocycles. The van der Waals surface area contributed by atoms with Gasteiger partial charge < -0.3 is 5.73 Å². The monoisotopic (exact) mass is 275 g/mol. The predicted molar refractivity (Wildman–Crippen MR) is 89.7 cm³/mol. The highest BCUT2D eigenvalue weighted by Gasteiger charge is 2.39. The standard InChI is InChI=1S/C19H33N/c1-14(2)12-18(15(3)4)19(20,16(5)6)13-17-10-8-7-9-11-17/h7-11,14-16,18H,12-13,20H2,1-6H3. The second-order valence-corrected chi connectivity index (χ2v) is 7.41. The molecule has 0 aliphatic heterocycles. The van der Waals surface area contributed by atoms with Crippen LogP contribution in [0.1, 0.15) is 53.5 Å². The highest BCUT2D eigenvalue weighted by atomic mass is 14.8. The van der Waals surface area contributed by atoms with Crippen molar-refractivity contribution in [1.29, 1.82) is 0 Å². The largest absolute Gasteiger partial charge is 0.324 e. The molecule has 0 aromatic heterocycles. The second kappa shape index (κ2) is 7.26. The van der Waals surface area contributed by atoms with Crippen LogP contribution in [0.3, 0.4) is 0 Å². The van der Waals surface area contributed by atoms with Crippen LogP contribution < -0.4 is 5.73 Å². The van der Waals surface area contributed by atoms with E-state index in [1.54, 1.807) is 0 Å². The van der Waals surface area contributed by atoms with Crippen molar-refractivity contribution in [2.75, 3.05) is 0 Å². The Kier molecular flexibility index (Phi) is 6.26. The summed E-state index contributed by atoms with van der Waals surface area (Å²) < 4.78 is 0. The summed E-state index contributed by atoms with van der Waals surface area (Å²) in [5, 5.41) is 0. The molecule has 0 heterocycles. The van der Waals surface area contributed by atoms with Crippen molar-refractivity contribution in [3.05, 3.63) is 35.9 Å². The topological polar surface area (TPSA) is 26.0 Å². The zero-order valence-electron chi connectivity index (χ0n) is 14.2. The van der Waals surface area contributed by atoms with Gasteiger partial charge in [-0.25, -0.2) is 0 Å². The number of hydrogen-bond acceptors (Lipinski definition) is 1. The molecule has 0 bridgehead atoms. The summed E-state index contributed by atoms with van der Waals surface area (Å²) in [4.78, 5) is 0. The molecule has 0 fully saturated rings. The smallest absolute Gasteiger partial charge is 0.0249 e. The van der Waals surface area contributed by atoms with Gasteiger partial charge in [-0.3, -0.25) is 0 Å². The summed E-state index contributed by atoms with van der Waals surface area (Å²) in [5.74, 6) is 2.35. The molecule has 1 rings (SSSR count). The Hall–Kier alpha value is -0.820. The van der Waals surface area contributed by atoms with E-state index < -0.39 is 0 Å². The maximum Gasteiger partial charge on any atom is 0.0249 e. The van der Waals surface area contributed by atoms with Gasteiger partial charge in [0.2, 0.25) is 0 Å². The highest BCUT2D eigenvalue weighted by Crippen LogP contribution is 2.36. The first-order chi connectivity index (χ1) is 9.27. The summed E-state index contributed by atoms with van der Waals surface area (Å²) in [6.45, 7) is 13.8. The van der Waals surface area contributed by atoms with Gasteiger partial charge in [-0.1, -0.05) is 71.9 Å². The summed E-state index contributed by atoms with van der Waals surface area (Å²) in [6.07, 6.45) is 2.18. The molecule has 0 saturated carbocycles. The van der Waals surface area contributed by atoms with E-state index in [0.29, 0.717) is 23.7 Å². The molecule has 1 nitrogen and oxygen atoms in total. The average Bonchev–Trinajstić information content (AvgIpc) is 2.36. The zero-order chi connectivity index (χ0) is 15.3. The first-order valence-electron chi connectivity index (χ1n) is 8.10. The highest BCUT2D eigenvalue weighted by molar-refractivity contribution is 5.19. The van der Waals surface area contributed by atoms with E-state index in [1.165, 1.54) is 12.0 Å². The van der Waals surface area contributed by atoms with Crippen molar-refractivity contribution in [2.24, 2.45) is 29.4 Å². The quantitative estimate of drug-likeness (QED) is 0.752. The molecule has 2 atom stereocenters. The van der Waals surface area contributed by atoms with Gasteiger partial charge in [0.1, 0.15) is 0 Å². The van der Waals surface area contributed by atoms with Gasteiger partial charge in [0, 0.05) is 5.54 Å². The van der Waals surface area contributed by atoms with Gasteiger partial charge in [0.05, 0.1) is 0 Å². The van der Waals surface area contributed by atoms with E-state index >= 15 is 0 Å². The molecule has 0 saturated heterocycles. The van der Waals surface area contributed by atoms with Crippen LogP contribution in [0, 0.1) is 23.7 Å². The predicted octanol–water partition coefficient (Wildman–Crippen LogP) is 4.90. The fourth-order valence-corrected chi connectivity index (χ4v) is 3.33. The molecule has 0 spiro atoms. The SMILES string of the molecule is CC(C)CC(C(C)C)C(N)(Cc1ccccc1)C(C)C. The third kappa shape index (κ3) is 4.34. The van der Waals surface area contributed by atoms with Gasteiger partial charge in [-0.15, -0.1) is 0 Å².